The van der Waals surface area contributed by atoms with E-state index < -0.39 is 15.9 Å². The Morgan fingerprint density at radius 2 is 1.82 bits per heavy atom. The van der Waals surface area contributed by atoms with Gasteiger partial charge in [0.1, 0.15) is 9.84 Å². The molecule has 0 spiro atoms. The van der Waals surface area contributed by atoms with Gasteiger partial charge in [0.15, 0.2) is 0 Å². The molecule has 3 nitrogen and oxygen atoms in total. The number of hydrogen-bond donors (Lipinski definition) is 1. The van der Waals surface area contributed by atoms with Gasteiger partial charge in [0.25, 0.3) is 0 Å². The van der Waals surface area contributed by atoms with E-state index in [1.165, 1.54) is 6.26 Å². The third-order valence-electron chi connectivity index (χ3n) is 2.92. The summed E-state index contributed by atoms with van der Waals surface area (Å²) in [6, 6.07) is 9.73. The van der Waals surface area contributed by atoms with Crippen LogP contribution in [0.3, 0.4) is 0 Å². The molecule has 0 radical (unpaired) electrons. The second kappa shape index (κ2) is 6.17. The number of sulfone groups is 1. The fourth-order valence-electron chi connectivity index (χ4n) is 1.97. The summed E-state index contributed by atoms with van der Waals surface area (Å²) in [6.45, 7) is 2.00. The topological polar surface area (TPSA) is 54.4 Å². The number of rotatable bonds is 6. The summed E-state index contributed by atoms with van der Waals surface area (Å²) in [5.74, 6) is 0.0512. The molecule has 0 aliphatic rings. The van der Waals surface area contributed by atoms with E-state index in [1.807, 2.05) is 37.3 Å². The van der Waals surface area contributed by atoms with Gasteiger partial charge >= 0.3 is 0 Å². The highest BCUT2D eigenvalue weighted by Crippen LogP contribution is 2.25. The van der Waals surface area contributed by atoms with Gasteiger partial charge in [-0.15, -0.1) is 0 Å². The molecule has 2 unspecified atom stereocenters. The van der Waals surface area contributed by atoms with E-state index in [0.717, 1.165) is 12.0 Å². The van der Waals surface area contributed by atoms with Crippen molar-refractivity contribution in [2.24, 2.45) is 0 Å². The molecule has 1 aromatic carbocycles. The first-order valence-corrected chi connectivity index (χ1v) is 7.91. The van der Waals surface area contributed by atoms with Gasteiger partial charge in [-0.1, -0.05) is 37.3 Å². The van der Waals surface area contributed by atoms with Gasteiger partial charge in [-0.3, -0.25) is 0 Å². The van der Waals surface area contributed by atoms with E-state index in [4.69, 9.17) is 0 Å². The van der Waals surface area contributed by atoms with Crippen LogP contribution in [0.2, 0.25) is 0 Å². The molecule has 96 valence electrons. The van der Waals surface area contributed by atoms with Crippen molar-refractivity contribution in [1.82, 2.24) is 0 Å². The average Bonchev–Trinajstić information content (AvgIpc) is 2.28. The molecule has 17 heavy (non-hydrogen) atoms. The number of benzene rings is 1. The summed E-state index contributed by atoms with van der Waals surface area (Å²) in [7, 11) is -3.00. The van der Waals surface area contributed by atoms with Crippen LogP contribution >= 0.6 is 0 Å². The summed E-state index contributed by atoms with van der Waals surface area (Å²) in [5.41, 5.74) is 1.07. The van der Waals surface area contributed by atoms with E-state index in [9.17, 15) is 13.5 Å². The van der Waals surface area contributed by atoms with Crippen LogP contribution in [0.5, 0.6) is 0 Å². The van der Waals surface area contributed by atoms with Gasteiger partial charge in [-0.2, -0.15) is 0 Å². The fraction of sp³-hybridized carbons (Fsp3) is 0.538. The highest BCUT2D eigenvalue weighted by Gasteiger charge is 2.20. The summed E-state index contributed by atoms with van der Waals surface area (Å²) < 4.78 is 22.1. The smallest absolute Gasteiger partial charge is 0.147 e. The molecule has 0 aromatic heterocycles. The maximum Gasteiger partial charge on any atom is 0.147 e. The molecule has 0 aliphatic carbocycles. The quantitative estimate of drug-likeness (QED) is 0.846. The molecule has 2 atom stereocenters. The molecular weight excluding hydrogens is 236 g/mol. The standard InChI is InChI=1S/C13H20O3S/c1-3-12(11-7-5-4-6-8-11)13(14)9-10-17(2,15)16/h4-8,12-14H,3,9-10H2,1-2H3. The third kappa shape index (κ3) is 4.88. The molecule has 1 aromatic rings. The molecule has 0 aliphatic heterocycles. The zero-order valence-electron chi connectivity index (χ0n) is 10.3. The second-order valence-electron chi connectivity index (χ2n) is 4.41. The van der Waals surface area contributed by atoms with E-state index in [-0.39, 0.29) is 11.7 Å². The monoisotopic (exact) mass is 256 g/mol. The molecule has 1 N–H and O–H groups in total. The lowest BCUT2D eigenvalue weighted by atomic mass is 9.90. The molecule has 0 saturated carbocycles. The highest BCUT2D eigenvalue weighted by atomic mass is 32.2. The second-order valence-corrected chi connectivity index (χ2v) is 6.67. The van der Waals surface area contributed by atoms with Crippen LogP contribution in [0.1, 0.15) is 31.2 Å². The molecule has 0 heterocycles. The summed E-state index contributed by atoms with van der Waals surface area (Å²) >= 11 is 0. The van der Waals surface area contributed by atoms with Crippen LogP contribution in [0.15, 0.2) is 30.3 Å². The zero-order valence-corrected chi connectivity index (χ0v) is 11.2. The van der Waals surface area contributed by atoms with Crippen molar-refractivity contribution < 1.29 is 13.5 Å². The van der Waals surface area contributed by atoms with Gasteiger partial charge in [-0.25, -0.2) is 8.42 Å². The number of hydrogen-bond acceptors (Lipinski definition) is 3. The molecule has 0 bridgehead atoms. The first kappa shape index (κ1) is 14.2. The minimum absolute atomic E-state index is 0.0120. The van der Waals surface area contributed by atoms with Crippen LogP contribution in [-0.2, 0) is 9.84 Å². The van der Waals surface area contributed by atoms with Crippen molar-refractivity contribution >= 4 is 9.84 Å². The van der Waals surface area contributed by atoms with Gasteiger partial charge in [0.2, 0.25) is 0 Å². The molecule has 0 amide bonds. The van der Waals surface area contributed by atoms with E-state index >= 15 is 0 Å². The molecule has 0 fully saturated rings. The molecular formula is C13H20O3S. The number of aliphatic hydroxyl groups excluding tert-OH is 1. The van der Waals surface area contributed by atoms with Crippen molar-refractivity contribution in [3.8, 4) is 0 Å². The van der Waals surface area contributed by atoms with E-state index in [1.54, 1.807) is 0 Å². The largest absolute Gasteiger partial charge is 0.392 e. The third-order valence-corrected chi connectivity index (χ3v) is 3.89. The lowest BCUT2D eigenvalue weighted by molar-refractivity contribution is 0.137. The molecule has 1 rings (SSSR count). The summed E-state index contributed by atoms with van der Waals surface area (Å²) in [4.78, 5) is 0. The van der Waals surface area contributed by atoms with Gasteiger partial charge in [-0.05, 0) is 18.4 Å². The van der Waals surface area contributed by atoms with E-state index in [2.05, 4.69) is 0 Å². The Morgan fingerprint density at radius 1 is 1.24 bits per heavy atom. The normalized spacial score (nSPS) is 15.5. The van der Waals surface area contributed by atoms with Crippen LogP contribution in [0, 0.1) is 0 Å². The predicted molar refractivity (Wildman–Crippen MR) is 69.8 cm³/mol. The van der Waals surface area contributed by atoms with Crippen LogP contribution in [-0.4, -0.2) is 31.6 Å². The Bertz CT molecular complexity index is 425. The van der Waals surface area contributed by atoms with Crippen LogP contribution in [0.4, 0.5) is 0 Å². The highest BCUT2D eigenvalue weighted by molar-refractivity contribution is 7.90. The summed E-state index contributed by atoms with van der Waals surface area (Å²) in [5, 5.41) is 10.1. The van der Waals surface area contributed by atoms with E-state index in [0.29, 0.717) is 6.42 Å². The van der Waals surface area contributed by atoms with Crippen molar-refractivity contribution in [2.45, 2.75) is 31.8 Å². The van der Waals surface area contributed by atoms with Crippen LogP contribution in [0.25, 0.3) is 0 Å². The Labute approximate surface area is 103 Å². The van der Waals surface area contributed by atoms with Crippen molar-refractivity contribution in [3.63, 3.8) is 0 Å². The Morgan fingerprint density at radius 3 is 2.29 bits per heavy atom. The average molecular weight is 256 g/mol. The lowest BCUT2D eigenvalue weighted by Gasteiger charge is -2.21. The van der Waals surface area contributed by atoms with Crippen molar-refractivity contribution in [2.75, 3.05) is 12.0 Å². The minimum Gasteiger partial charge on any atom is -0.392 e. The van der Waals surface area contributed by atoms with Gasteiger partial charge < -0.3 is 5.11 Å². The maximum atomic E-state index is 11.1. The van der Waals surface area contributed by atoms with Crippen molar-refractivity contribution in [3.05, 3.63) is 35.9 Å². The lowest BCUT2D eigenvalue weighted by Crippen LogP contribution is -2.21. The predicted octanol–water partition coefficient (Wildman–Crippen LogP) is 1.98. The van der Waals surface area contributed by atoms with Gasteiger partial charge in [0, 0.05) is 12.2 Å². The van der Waals surface area contributed by atoms with Gasteiger partial charge in [0.05, 0.1) is 11.9 Å². The maximum absolute atomic E-state index is 11.1. The first-order valence-electron chi connectivity index (χ1n) is 5.84. The number of aliphatic hydroxyl groups is 1. The first-order chi connectivity index (χ1) is 7.94. The molecule has 4 heteroatoms. The SMILES string of the molecule is CCC(c1ccccc1)C(O)CCS(C)(=O)=O. The summed E-state index contributed by atoms with van der Waals surface area (Å²) in [6.07, 6.45) is 1.70. The van der Waals surface area contributed by atoms with Crippen molar-refractivity contribution in [1.29, 1.82) is 0 Å². The molecule has 0 saturated heterocycles. The minimum atomic E-state index is -3.00. The fourth-order valence-corrected chi connectivity index (χ4v) is 2.64. The Kier molecular flexibility index (Phi) is 5.15. The Hall–Kier alpha value is -0.870. The van der Waals surface area contributed by atoms with Crippen LogP contribution < -0.4 is 0 Å². The zero-order chi connectivity index (χ0) is 12.9. The Balaban J connectivity index is 2.68.